The Morgan fingerprint density at radius 3 is 2.61 bits per heavy atom. The van der Waals surface area contributed by atoms with Crippen LogP contribution in [0.5, 0.6) is 11.5 Å². The van der Waals surface area contributed by atoms with Gasteiger partial charge in [-0.3, -0.25) is 0 Å². The van der Waals surface area contributed by atoms with Crippen LogP contribution in [0.25, 0.3) is 0 Å². The minimum absolute atomic E-state index is 0.455. The smallest absolute Gasteiger partial charge is 0.134 e. The van der Waals surface area contributed by atoms with Crippen molar-refractivity contribution in [2.45, 2.75) is 20.4 Å². The van der Waals surface area contributed by atoms with E-state index < -0.39 is 0 Å². The molecular formula is C15H16ClNO. The van der Waals surface area contributed by atoms with Crippen LogP contribution in [0.2, 0.25) is 5.02 Å². The Hall–Kier alpha value is -1.51. The predicted octanol–water partition coefficient (Wildman–Crippen LogP) is 4.21. The summed E-state index contributed by atoms with van der Waals surface area (Å²) >= 11 is 5.99. The van der Waals surface area contributed by atoms with Gasteiger partial charge >= 0.3 is 0 Å². The molecule has 0 bridgehead atoms. The number of hydrogen-bond acceptors (Lipinski definition) is 2. The van der Waals surface area contributed by atoms with Crippen LogP contribution in [-0.4, -0.2) is 0 Å². The molecule has 0 aliphatic carbocycles. The fourth-order valence-corrected chi connectivity index (χ4v) is 1.98. The Balaban J connectivity index is 2.42. The highest BCUT2D eigenvalue weighted by Crippen LogP contribution is 2.32. The zero-order chi connectivity index (χ0) is 13.1. The van der Waals surface area contributed by atoms with Crippen molar-refractivity contribution in [3.63, 3.8) is 0 Å². The summed E-state index contributed by atoms with van der Waals surface area (Å²) in [7, 11) is 0. The Morgan fingerprint density at radius 2 is 1.89 bits per heavy atom. The number of halogens is 1. The van der Waals surface area contributed by atoms with Crippen LogP contribution in [0.1, 0.15) is 16.7 Å². The second-order valence-electron chi connectivity index (χ2n) is 4.28. The first-order valence-electron chi connectivity index (χ1n) is 5.84. The molecular weight excluding hydrogens is 246 g/mol. The number of benzene rings is 2. The average Bonchev–Trinajstić information content (AvgIpc) is 2.36. The summed E-state index contributed by atoms with van der Waals surface area (Å²) in [6.07, 6.45) is 0. The molecule has 18 heavy (non-hydrogen) atoms. The first-order valence-corrected chi connectivity index (χ1v) is 6.22. The van der Waals surface area contributed by atoms with Crippen molar-refractivity contribution in [3.05, 3.63) is 58.1 Å². The van der Waals surface area contributed by atoms with Gasteiger partial charge in [-0.2, -0.15) is 0 Å². The van der Waals surface area contributed by atoms with Crippen LogP contribution < -0.4 is 10.5 Å². The summed E-state index contributed by atoms with van der Waals surface area (Å²) < 4.78 is 5.98. The molecule has 0 spiro atoms. The van der Waals surface area contributed by atoms with E-state index in [1.54, 1.807) is 0 Å². The molecule has 0 fully saturated rings. The van der Waals surface area contributed by atoms with Gasteiger partial charge in [-0.15, -0.1) is 0 Å². The second kappa shape index (κ2) is 5.42. The molecule has 0 saturated carbocycles. The predicted molar refractivity (Wildman–Crippen MR) is 75.3 cm³/mol. The number of hydrogen-bond donors (Lipinski definition) is 1. The molecule has 2 aromatic carbocycles. The molecule has 94 valence electrons. The molecule has 0 saturated heterocycles. The van der Waals surface area contributed by atoms with E-state index >= 15 is 0 Å². The number of ether oxygens (including phenoxy) is 1. The monoisotopic (exact) mass is 261 g/mol. The van der Waals surface area contributed by atoms with Crippen LogP contribution in [0.15, 0.2) is 36.4 Å². The van der Waals surface area contributed by atoms with Gasteiger partial charge in [0.05, 0.1) is 0 Å². The van der Waals surface area contributed by atoms with Gasteiger partial charge < -0.3 is 10.5 Å². The quantitative estimate of drug-likeness (QED) is 0.898. The van der Waals surface area contributed by atoms with Crippen LogP contribution >= 0.6 is 11.6 Å². The van der Waals surface area contributed by atoms with Crippen LogP contribution in [0, 0.1) is 13.8 Å². The lowest BCUT2D eigenvalue weighted by Crippen LogP contribution is -2.01. The van der Waals surface area contributed by atoms with Gasteiger partial charge in [-0.1, -0.05) is 35.9 Å². The van der Waals surface area contributed by atoms with E-state index in [0.29, 0.717) is 11.6 Å². The second-order valence-corrected chi connectivity index (χ2v) is 4.72. The molecule has 0 atom stereocenters. The highest BCUT2D eigenvalue weighted by Gasteiger charge is 2.09. The highest BCUT2D eigenvalue weighted by molar-refractivity contribution is 6.30. The van der Waals surface area contributed by atoms with Crippen molar-refractivity contribution < 1.29 is 4.74 Å². The zero-order valence-electron chi connectivity index (χ0n) is 10.5. The van der Waals surface area contributed by atoms with Gasteiger partial charge in [0.1, 0.15) is 11.5 Å². The minimum atomic E-state index is 0.455. The third-order valence-corrected chi connectivity index (χ3v) is 3.11. The van der Waals surface area contributed by atoms with E-state index in [1.165, 1.54) is 0 Å². The van der Waals surface area contributed by atoms with E-state index in [1.807, 2.05) is 50.2 Å². The molecule has 2 nitrogen and oxygen atoms in total. The lowest BCUT2D eigenvalue weighted by atomic mass is 10.1. The fraction of sp³-hybridized carbons (Fsp3) is 0.200. The van der Waals surface area contributed by atoms with Gasteiger partial charge in [0.2, 0.25) is 0 Å². The summed E-state index contributed by atoms with van der Waals surface area (Å²) in [5.41, 5.74) is 8.84. The highest BCUT2D eigenvalue weighted by atomic mass is 35.5. The zero-order valence-corrected chi connectivity index (χ0v) is 11.3. The van der Waals surface area contributed by atoms with Gasteiger partial charge in [-0.25, -0.2) is 0 Å². The maximum Gasteiger partial charge on any atom is 0.134 e. The molecule has 0 aliphatic heterocycles. The Morgan fingerprint density at radius 1 is 1.11 bits per heavy atom. The Labute approximate surface area is 112 Å². The summed E-state index contributed by atoms with van der Waals surface area (Å²) in [4.78, 5) is 0. The van der Waals surface area contributed by atoms with Crippen LogP contribution in [0.3, 0.4) is 0 Å². The van der Waals surface area contributed by atoms with Crippen molar-refractivity contribution in [3.8, 4) is 11.5 Å². The normalized spacial score (nSPS) is 10.4. The molecule has 0 radical (unpaired) electrons. The largest absolute Gasteiger partial charge is 0.456 e. The maximum absolute atomic E-state index is 5.99. The Kier molecular flexibility index (Phi) is 3.90. The molecule has 0 amide bonds. The first-order chi connectivity index (χ1) is 8.61. The van der Waals surface area contributed by atoms with Gasteiger partial charge in [0, 0.05) is 17.1 Å². The van der Waals surface area contributed by atoms with E-state index in [9.17, 15) is 0 Å². The summed E-state index contributed by atoms with van der Waals surface area (Å²) in [5, 5.41) is 0.665. The van der Waals surface area contributed by atoms with Crippen molar-refractivity contribution in [2.75, 3.05) is 0 Å². The lowest BCUT2D eigenvalue weighted by molar-refractivity contribution is 0.469. The standard InChI is InChI=1S/C15H16ClNO/c1-10-6-7-13(16)8-14(10)18-15-11(2)4-3-5-12(15)9-17/h3-8H,9,17H2,1-2H3. The van der Waals surface area contributed by atoms with E-state index in [0.717, 1.165) is 28.2 Å². The number of nitrogens with two attached hydrogens (primary N) is 1. The third kappa shape index (κ3) is 2.66. The van der Waals surface area contributed by atoms with Gasteiger partial charge in [0.15, 0.2) is 0 Å². The van der Waals surface area contributed by atoms with Crippen LogP contribution in [0.4, 0.5) is 0 Å². The fourth-order valence-electron chi connectivity index (χ4n) is 1.81. The van der Waals surface area contributed by atoms with E-state index in [2.05, 4.69) is 0 Å². The molecule has 0 heterocycles. The SMILES string of the molecule is Cc1ccc(Cl)cc1Oc1c(C)cccc1CN. The number of para-hydroxylation sites is 1. The van der Waals surface area contributed by atoms with Gasteiger partial charge in [-0.05, 0) is 37.1 Å². The summed E-state index contributed by atoms with van der Waals surface area (Å²) in [6, 6.07) is 11.6. The summed E-state index contributed by atoms with van der Waals surface area (Å²) in [6.45, 7) is 4.46. The maximum atomic E-state index is 5.99. The van der Waals surface area contributed by atoms with Crippen LogP contribution in [-0.2, 0) is 6.54 Å². The Bertz CT molecular complexity index is 566. The summed E-state index contributed by atoms with van der Waals surface area (Å²) in [5.74, 6) is 1.59. The first kappa shape index (κ1) is 12.9. The number of rotatable bonds is 3. The van der Waals surface area contributed by atoms with Crippen molar-refractivity contribution >= 4 is 11.6 Å². The third-order valence-electron chi connectivity index (χ3n) is 2.88. The molecule has 2 aromatic rings. The van der Waals surface area contributed by atoms with E-state index in [-0.39, 0.29) is 0 Å². The van der Waals surface area contributed by atoms with Crippen molar-refractivity contribution in [1.29, 1.82) is 0 Å². The molecule has 3 heteroatoms. The average molecular weight is 262 g/mol. The molecule has 0 unspecified atom stereocenters. The van der Waals surface area contributed by atoms with Crippen molar-refractivity contribution in [2.24, 2.45) is 5.73 Å². The topological polar surface area (TPSA) is 35.2 Å². The molecule has 0 aromatic heterocycles. The molecule has 2 N–H and O–H groups in total. The molecule has 0 aliphatic rings. The lowest BCUT2D eigenvalue weighted by Gasteiger charge is -2.14. The van der Waals surface area contributed by atoms with Gasteiger partial charge in [0.25, 0.3) is 0 Å². The number of aryl methyl sites for hydroxylation is 2. The minimum Gasteiger partial charge on any atom is -0.456 e. The van der Waals surface area contributed by atoms with E-state index in [4.69, 9.17) is 22.1 Å². The van der Waals surface area contributed by atoms with Crippen molar-refractivity contribution in [1.82, 2.24) is 0 Å². The molecule has 2 rings (SSSR count).